The minimum Gasteiger partial charge on any atom is -0.460 e. The van der Waals surface area contributed by atoms with Gasteiger partial charge in [-0.1, -0.05) is 74.3 Å². The number of hydrogen-bond acceptors (Lipinski definition) is 6. The smallest absolute Gasteiger partial charge is 0.253 e. The first-order chi connectivity index (χ1) is 24.8. The van der Waals surface area contributed by atoms with Crippen LogP contribution in [0.4, 0.5) is 0 Å². The molecule has 0 radical (unpaired) electrons. The molecule has 1 aliphatic carbocycles. The molecule has 2 atom stereocenters. The van der Waals surface area contributed by atoms with Crippen LogP contribution in [-0.2, 0) is 17.8 Å². The molecule has 8 nitrogen and oxygen atoms in total. The van der Waals surface area contributed by atoms with E-state index in [2.05, 4.69) is 86.2 Å². The van der Waals surface area contributed by atoms with Crippen LogP contribution in [0, 0.1) is 23.7 Å². The van der Waals surface area contributed by atoms with Crippen LogP contribution in [-0.4, -0.2) is 36.5 Å². The van der Waals surface area contributed by atoms with Crippen LogP contribution in [0.15, 0.2) is 83.3 Å². The van der Waals surface area contributed by atoms with Crippen LogP contribution in [0.5, 0.6) is 0 Å². The highest BCUT2D eigenvalue weighted by atomic mass is 35.5. The molecule has 1 heterocycles. The monoisotopic (exact) mass is 721 g/mol. The molecule has 274 valence electrons. The minimum absolute atomic E-state index is 0.0378. The molecule has 1 fully saturated rings. The van der Waals surface area contributed by atoms with Crippen LogP contribution in [0.25, 0.3) is 11.3 Å². The highest BCUT2D eigenvalue weighted by Crippen LogP contribution is 2.28. The number of nitrogens with one attached hydrogen (secondary N) is 4. The Morgan fingerprint density at radius 3 is 2.31 bits per heavy atom. The molecule has 4 aromatic rings. The first-order valence-electron chi connectivity index (χ1n) is 18.4. The van der Waals surface area contributed by atoms with E-state index in [0.717, 1.165) is 42.6 Å². The van der Waals surface area contributed by atoms with Crippen molar-refractivity contribution < 1.29 is 14.0 Å². The summed E-state index contributed by atoms with van der Waals surface area (Å²) < 4.78 is 6.19. The number of carbonyl (C=O) groups is 2. The van der Waals surface area contributed by atoms with Crippen LogP contribution < -0.4 is 21.3 Å². The van der Waals surface area contributed by atoms with Gasteiger partial charge in [-0.15, -0.1) is 0 Å². The van der Waals surface area contributed by atoms with E-state index in [1.54, 1.807) is 24.3 Å². The lowest BCUT2D eigenvalue weighted by atomic mass is 9.89. The Hall–Kier alpha value is -4.42. The highest BCUT2D eigenvalue weighted by molar-refractivity contribution is 6.34. The summed E-state index contributed by atoms with van der Waals surface area (Å²) >= 11 is 6.62. The van der Waals surface area contributed by atoms with Crippen LogP contribution in [0.1, 0.15) is 104 Å². The fourth-order valence-electron chi connectivity index (χ4n) is 6.66. The van der Waals surface area contributed by atoms with Gasteiger partial charge in [-0.3, -0.25) is 9.59 Å². The largest absolute Gasteiger partial charge is 0.460 e. The van der Waals surface area contributed by atoms with Crippen LogP contribution >= 0.6 is 11.6 Å². The average molecular weight is 722 g/mol. The van der Waals surface area contributed by atoms with Gasteiger partial charge in [0.15, 0.2) is 0 Å². The second kappa shape index (κ2) is 17.9. The lowest BCUT2D eigenvalue weighted by molar-refractivity contribution is -0.123. The van der Waals surface area contributed by atoms with Crippen molar-refractivity contribution in [3.63, 3.8) is 0 Å². The standard InChI is InChI=1S/C43H52ClN5O3/c1-28-6-12-32(13-7-28)29(2)46-27-37-19-21-40(52-37)33-14-20-39(44)38(23-33)42(51)49-36(22-30-8-10-31(25-45)11-9-30)26-47-34-15-17-35(18-16-34)48-41(50)24-43(3,4)5/h6-14,19-21,23,29,34-36,46-47H,15-18,22,24,26-27H2,1-5H3,(H,48,50)(H,49,51)/t29-,34?,35?,36-/m1/s1. The molecule has 52 heavy (non-hydrogen) atoms. The molecule has 9 heteroatoms. The summed E-state index contributed by atoms with van der Waals surface area (Å²) in [5.74, 6) is 1.30. The molecule has 3 aromatic carbocycles. The van der Waals surface area contributed by atoms with Gasteiger partial charge in [0.25, 0.3) is 5.91 Å². The third kappa shape index (κ3) is 11.5. The van der Waals surface area contributed by atoms with Gasteiger partial charge in [-0.2, -0.15) is 5.26 Å². The molecular weight excluding hydrogens is 670 g/mol. The maximum absolute atomic E-state index is 13.8. The number of nitriles is 1. The quantitative estimate of drug-likeness (QED) is 0.104. The Balaban J connectivity index is 1.21. The predicted molar refractivity (Wildman–Crippen MR) is 208 cm³/mol. The van der Waals surface area contributed by atoms with Crippen molar-refractivity contribution >= 4 is 23.4 Å². The molecule has 0 aliphatic heterocycles. The molecule has 0 bridgehead atoms. The molecule has 0 saturated heterocycles. The van der Waals surface area contributed by atoms with E-state index in [4.69, 9.17) is 16.0 Å². The number of furan rings is 1. The topological polar surface area (TPSA) is 119 Å². The summed E-state index contributed by atoms with van der Waals surface area (Å²) in [6, 6.07) is 27.8. The molecule has 5 rings (SSSR count). The fourth-order valence-corrected chi connectivity index (χ4v) is 6.86. The van der Waals surface area contributed by atoms with Gasteiger partial charge in [-0.25, -0.2) is 0 Å². The highest BCUT2D eigenvalue weighted by Gasteiger charge is 2.25. The number of hydrogen-bond donors (Lipinski definition) is 4. The number of benzene rings is 3. The maximum atomic E-state index is 13.8. The molecule has 1 aromatic heterocycles. The third-order valence-corrected chi connectivity index (χ3v) is 9.98. The van der Waals surface area contributed by atoms with Crippen LogP contribution in [0.3, 0.4) is 0 Å². The lowest BCUT2D eigenvalue weighted by Crippen LogP contribution is -2.48. The lowest BCUT2D eigenvalue weighted by Gasteiger charge is -2.32. The number of halogens is 1. The fraction of sp³-hybridized carbons (Fsp3) is 0.419. The van der Waals surface area contributed by atoms with Crippen LogP contribution in [0.2, 0.25) is 5.02 Å². The summed E-state index contributed by atoms with van der Waals surface area (Å²) in [5, 5.41) is 23.3. The first-order valence-corrected chi connectivity index (χ1v) is 18.7. The molecule has 2 amide bonds. The van der Waals surface area contributed by atoms with Crippen molar-refractivity contribution in [2.45, 2.75) is 104 Å². The van der Waals surface area contributed by atoms with Gasteiger partial charge < -0.3 is 25.7 Å². The summed E-state index contributed by atoms with van der Waals surface area (Å²) in [7, 11) is 0. The number of amides is 2. The second-order valence-electron chi connectivity index (χ2n) is 15.4. The zero-order valence-electron chi connectivity index (χ0n) is 31.0. The Labute approximate surface area is 313 Å². The Morgan fingerprint density at radius 2 is 1.63 bits per heavy atom. The average Bonchev–Trinajstić information content (AvgIpc) is 3.59. The molecular formula is C43H52ClN5O3. The molecule has 0 spiro atoms. The van der Waals surface area contributed by atoms with Gasteiger partial charge in [0.1, 0.15) is 11.5 Å². The van der Waals surface area contributed by atoms with Crippen molar-refractivity contribution in [2.75, 3.05) is 6.54 Å². The van der Waals surface area contributed by atoms with Gasteiger partial charge in [0.2, 0.25) is 5.91 Å². The number of aryl methyl sites for hydroxylation is 1. The minimum atomic E-state index is -0.266. The molecule has 1 aliphatic rings. The predicted octanol–water partition coefficient (Wildman–Crippen LogP) is 8.43. The number of rotatable bonds is 14. The zero-order chi connectivity index (χ0) is 37.3. The van der Waals surface area contributed by atoms with E-state index in [1.807, 2.05) is 30.3 Å². The normalized spacial score (nSPS) is 17.2. The Kier molecular flexibility index (Phi) is 13.3. The zero-order valence-corrected chi connectivity index (χ0v) is 31.8. The summed E-state index contributed by atoms with van der Waals surface area (Å²) in [4.78, 5) is 26.3. The van der Waals surface area contributed by atoms with Crippen molar-refractivity contribution in [3.8, 4) is 17.4 Å². The van der Waals surface area contributed by atoms with E-state index < -0.39 is 0 Å². The number of carbonyl (C=O) groups excluding carboxylic acids is 2. The molecule has 0 unspecified atom stereocenters. The summed E-state index contributed by atoms with van der Waals surface area (Å²) in [5.41, 5.74) is 5.15. The van der Waals surface area contributed by atoms with Crippen molar-refractivity contribution in [1.29, 1.82) is 5.26 Å². The molecule has 4 N–H and O–H groups in total. The summed E-state index contributed by atoms with van der Waals surface area (Å²) in [6.45, 7) is 11.6. The van der Waals surface area contributed by atoms with E-state index in [1.165, 1.54) is 11.1 Å². The third-order valence-electron chi connectivity index (χ3n) is 9.65. The summed E-state index contributed by atoms with van der Waals surface area (Å²) in [6.07, 6.45) is 4.81. The van der Waals surface area contributed by atoms with Gasteiger partial charge in [-0.05, 0) is 105 Å². The SMILES string of the molecule is Cc1ccc([C@@H](C)NCc2ccc(-c3ccc(Cl)c(C(=O)N[C@@H](CNC4CCC(NC(=O)CC(C)(C)C)CC4)Cc4ccc(C#N)cc4)c3)o2)cc1. The first kappa shape index (κ1) is 38.8. The maximum Gasteiger partial charge on any atom is 0.253 e. The van der Waals surface area contributed by atoms with E-state index in [0.29, 0.717) is 47.8 Å². The Bertz CT molecular complexity index is 1830. The van der Waals surface area contributed by atoms with Gasteiger partial charge in [0.05, 0.1) is 28.8 Å². The Morgan fingerprint density at radius 1 is 0.942 bits per heavy atom. The van der Waals surface area contributed by atoms with E-state index in [9.17, 15) is 14.9 Å². The van der Waals surface area contributed by atoms with Crippen molar-refractivity contribution in [1.82, 2.24) is 21.3 Å². The van der Waals surface area contributed by atoms with Gasteiger partial charge >= 0.3 is 0 Å². The van der Waals surface area contributed by atoms with Crippen molar-refractivity contribution in [3.05, 3.63) is 117 Å². The second-order valence-corrected chi connectivity index (χ2v) is 15.8. The number of nitrogens with zero attached hydrogens (tertiary/aromatic N) is 1. The van der Waals surface area contributed by atoms with E-state index in [-0.39, 0.29) is 41.4 Å². The van der Waals surface area contributed by atoms with Crippen molar-refractivity contribution in [2.24, 2.45) is 5.41 Å². The van der Waals surface area contributed by atoms with E-state index >= 15 is 0 Å². The van der Waals surface area contributed by atoms with Gasteiger partial charge in [0, 0.05) is 42.7 Å². The molecule has 1 saturated carbocycles.